The Morgan fingerprint density at radius 2 is 1.92 bits per heavy atom. The topological polar surface area (TPSA) is 96.0 Å². The van der Waals surface area contributed by atoms with Crippen molar-refractivity contribution in [1.29, 1.82) is 0 Å². The van der Waals surface area contributed by atoms with Gasteiger partial charge in [0.15, 0.2) is 6.10 Å². The fourth-order valence-corrected chi connectivity index (χ4v) is 3.07. The molecule has 2 aliphatic heterocycles. The van der Waals surface area contributed by atoms with E-state index in [1.807, 2.05) is 0 Å². The number of urea groups is 1. The van der Waals surface area contributed by atoms with Crippen LogP contribution in [-0.4, -0.2) is 54.5 Å². The molecular weight excluding hydrogens is 338 g/mol. The molecule has 8 heteroatoms. The van der Waals surface area contributed by atoms with Gasteiger partial charge in [-0.1, -0.05) is 12.1 Å². The standard InChI is InChI=1S/C18H21N3O5/c1-12(17(24)21-10-8-19-18(21)25)26-16(23)11-13-4-6-14(7-5-13)20-9-2-3-15(20)22/h4-7,12H,2-3,8-11H2,1H3,(H,19,25)/t12-/m1/s1. The molecule has 2 fully saturated rings. The molecule has 1 atom stereocenters. The number of nitrogens with zero attached hydrogens (tertiary/aromatic N) is 2. The van der Waals surface area contributed by atoms with Crippen LogP contribution in [0.2, 0.25) is 0 Å². The Hall–Kier alpha value is -2.90. The molecule has 138 valence electrons. The number of hydrogen-bond donors (Lipinski definition) is 1. The van der Waals surface area contributed by atoms with Crippen LogP contribution in [0.5, 0.6) is 0 Å². The molecule has 2 saturated heterocycles. The predicted octanol–water partition coefficient (Wildman–Crippen LogP) is 0.839. The fourth-order valence-electron chi connectivity index (χ4n) is 3.07. The number of amides is 4. The quantitative estimate of drug-likeness (QED) is 0.786. The fraction of sp³-hybridized carbons (Fsp3) is 0.444. The van der Waals surface area contributed by atoms with Gasteiger partial charge in [0.1, 0.15) is 0 Å². The molecule has 0 saturated carbocycles. The van der Waals surface area contributed by atoms with Gasteiger partial charge in [0.25, 0.3) is 5.91 Å². The van der Waals surface area contributed by atoms with E-state index in [2.05, 4.69) is 5.32 Å². The second kappa shape index (κ2) is 7.55. The number of ether oxygens (including phenoxy) is 1. The first-order chi connectivity index (χ1) is 12.5. The number of rotatable bonds is 5. The first kappa shape index (κ1) is 17.9. The van der Waals surface area contributed by atoms with Gasteiger partial charge in [0.05, 0.1) is 6.42 Å². The van der Waals surface area contributed by atoms with Crippen molar-refractivity contribution in [3.05, 3.63) is 29.8 Å². The lowest BCUT2D eigenvalue weighted by atomic mass is 10.1. The lowest BCUT2D eigenvalue weighted by molar-refractivity contribution is -0.156. The summed E-state index contributed by atoms with van der Waals surface area (Å²) in [6.45, 7) is 2.84. The zero-order chi connectivity index (χ0) is 18.7. The van der Waals surface area contributed by atoms with E-state index in [1.54, 1.807) is 29.2 Å². The van der Waals surface area contributed by atoms with Crippen molar-refractivity contribution in [3.8, 4) is 0 Å². The minimum atomic E-state index is -1.02. The lowest BCUT2D eigenvalue weighted by Gasteiger charge is -2.18. The molecule has 0 radical (unpaired) electrons. The molecule has 0 aliphatic carbocycles. The monoisotopic (exact) mass is 359 g/mol. The van der Waals surface area contributed by atoms with Gasteiger partial charge in [0, 0.05) is 31.7 Å². The van der Waals surface area contributed by atoms with Gasteiger partial charge >= 0.3 is 12.0 Å². The normalized spacial score (nSPS) is 18.0. The summed E-state index contributed by atoms with van der Waals surface area (Å²) in [5.41, 5.74) is 1.54. The van der Waals surface area contributed by atoms with Crippen LogP contribution in [0, 0.1) is 0 Å². The molecule has 3 rings (SSSR count). The van der Waals surface area contributed by atoms with Gasteiger partial charge < -0.3 is 15.0 Å². The van der Waals surface area contributed by atoms with Crippen molar-refractivity contribution in [1.82, 2.24) is 10.2 Å². The molecule has 0 aromatic heterocycles. The van der Waals surface area contributed by atoms with E-state index in [0.717, 1.165) is 22.6 Å². The minimum Gasteiger partial charge on any atom is -0.452 e. The molecule has 1 aromatic carbocycles. The van der Waals surface area contributed by atoms with Crippen LogP contribution in [-0.2, 0) is 25.5 Å². The van der Waals surface area contributed by atoms with Crippen LogP contribution in [0.15, 0.2) is 24.3 Å². The summed E-state index contributed by atoms with van der Waals surface area (Å²) in [5, 5.41) is 2.53. The molecule has 1 N–H and O–H groups in total. The maximum atomic E-state index is 12.1. The Bertz CT molecular complexity index is 731. The van der Waals surface area contributed by atoms with Crippen molar-refractivity contribution in [3.63, 3.8) is 0 Å². The van der Waals surface area contributed by atoms with E-state index in [-0.39, 0.29) is 18.9 Å². The Morgan fingerprint density at radius 3 is 2.50 bits per heavy atom. The van der Waals surface area contributed by atoms with Crippen LogP contribution in [0.1, 0.15) is 25.3 Å². The highest BCUT2D eigenvalue weighted by molar-refractivity contribution is 5.98. The Kier molecular flexibility index (Phi) is 5.20. The van der Waals surface area contributed by atoms with E-state index in [1.165, 1.54) is 6.92 Å². The second-order valence-corrected chi connectivity index (χ2v) is 6.35. The van der Waals surface area contributed by atoms with E-state index >= 15 is 0 Å². The highest BCUT2D eigenvalue weighted by atomic mass is 16.5. The molecular formula is C18H21N3O5. The summed E-state index contributed by atoms with van der Waals surface area (Å²) in [7, 11) is 0. The van der Waals surface area contributed by atoms with Crippen LogP contribution in [0.25, 0.3) is 0 Å². The predicted molar refractivity (Wildman–Crippen MR) is 92.4 cm³/mol. The molecule has 2 heterocycles. The summed E-state index contributed by atoms with van der Waals surface area (Å²) < 4.78 is 5.15. The second-order valence-electron chi connectivity index (χ2n) is 6.35. The van der Waals surface area contributed by atoms with Gasteiger partial charge in [-0.25, -0.2) is 4.79 Å². The smallest absolute Gasteiger partial charge is 0.324 e. The van der Waals surface area contributed by atoms with Crippen molar-refractivity contribution in [2.24, 2.45) is 0 Å². The minimum absolute atomic E-state index is 0.0119. The summed E-state index contributed by atoms with van der Waals surface area (Å²) >= 11 is 0. The number of nitrogens with one attached hydrogen (secondary N) is 1. The van der Waals surface area contributed by atoms with E-state index in [4.69, 9.17) is 4.74 Å². The van der Waals surface area contributed by atoms with Gasteiger partial charge in [-0.3, -0.25) is 19.3 Å². The summed E-state index contributed by atoms with van der Waals surface area (Å²) in [5.74, 6) is -0.970. The molecule has 2 aliphatic rings. The van der Waals surface area contributed by atoms with Crippen LogP contribution in [0.4, 0.5) is 10.5 Å². The van der Waals surface area contributed by atoms with Gasteiger partial charge in [-0.15, -0.1) is 0 Å². The lowest BCUT2D eigenvalue weighted by Crippen LogP contribution is -2.42. The number of carbonyl (C=O) groups excluding carboxylic acids is 4. The molecule has 4 amide bonds. The van der Waals surface area contributed by atoms with Crippen LogP contribution in [0.3, 0.4) is 0 Å². The number of esters is 1. The zero-order valence-electron chi connectivity index (χ0n) is 14.6. The number of benzene rings is 1. The van der Waals surface area contributed by atoms with E-state index in [0.29, 0.717) is 19.5 Å². The third kappa shape index (κ3) is 3.84. The summed E-state index contributed by atoms with van der Waals surface area (Å²) in [4.78, 5) is 50.2. The Morgan fingerprint density at radius 1 is 1.19 bits per heavy atom. The largest absolute Gasteiger partial charge is 0.452 e. The first-order valence-electron chi connectivity index (χ1n) is 8.63. The van der Waals surface area contributed by atoms with Crippen molar-refractivity contribution in [2.45, 2.75) is 32.3 Å². The molecule has 26 heavy (non-hydrogen) atoms. The van der Waals surface area contributed by atoms with Gasteiger partial charge in [-0.05, 0) is 31.0 Å². The third-order valence-corrected chi connectivity index (χ3v) is 4.45. The third-order valence-electron chi connectivity index (χ3n) is 4.45. The van der Waals surface area contributed by atoms with Crippen molar-refractivity contribution < 1.29 is 23.9 Å². The average molecular weight is 359 g/mol. The number of hydrogen-bond acceptors (Lipinski definition) is 5. The Labute approximate surface area is 151 Å². The highest BCUT2D eigenvalue weighted by Crippen LogP contribution is 2.21. The molecule has 1 aromatic rings. The Balaban J connectivity index is 1.53. The molecule has 8 nitrogen and oxygen atoms in total. The maximum absolute atomic E-state index is 12.1. The first-order valence-corrected chi connectivity index (χ1v) is 8.63. The van der Waals surface area contributed by atoms with Gasteiger partial charge in [-0.2, -0.15) is 0 Å². The van der Waals surface area contributed by atoms with Crippen molar-refractivity contribution >= 4 is 29.5 Å². The average Bonchev–Trinajstić information content (AvgIpc) is 3.23. The summed E-state index contributed by atoms with van der Waals surface area (Å²) in [6.07, 6.45) is 0.411. The van der Waals surface area contributed by atoms with E-state index in [9.17, 15) is 19.2 Å². The zero-order valence-corrected chi connectivity index (χ0v) is 14.6. The van der Waals surface area contributed by atoms with Crippen molar-refractivity contribution in [2.75, 3.05) is 24.5 Å². The van der Waals surface area contributed by atoms with Gasteiger partial charge in [0.2, 0.25) is 5.91 Å². The highest BCUT2D eigenvalue weighted by Gasteiger charge is 2.31. The van der Waals surface area contributed by atoms with Crippen LogP contribution >= 0.6 is 0 Å². The molecule has 0 spiro atoms. The number of imide groups is 1. The molecule has 0 bridgehead atoms. The SMILES string of the molecule is C[C@@H](OC(=O)Cc1ccc(N2CCCC2=O)cc1)C(=O)N1CCNC1=O. The number of carbonyl (C=O) groups is 4. The summed E-state index contributed by atoms with van der Waals surface area (Å²) in [6, 6.07) is 6.67. The maximum Gasteiger partial charge on any atom is 0.324 e. The molecule has 0 unspecified atom stereocenters. The number of anilines is 1. The van der Waals surface area contributed by atoms with E-state index < -0.39 is 24.0 Å². The van der Waals surface area contributed by atoms with Crippen LogP contribution < -0.4 is 10.2 Å².